The van der Waals surface area contributed by atoms with Gasteiger partial charge in [-0.3, -0.25) is 4.98 Å². The molecule has 0 saturated carbocycles. The standard InChI is InChI=1S/C69H45N5S2/c1-6-20-47(21-7-1)71(48-22-8-2-9-23-48)55-43-61-60-41-52(72(49-24-10-3-11-25-49)54-33-37-58-63(44-54)74(51-28-14-5-15-29-51)62-31-18-40-70-67(58)62)34-38-66(60)76-69(61)64(45-55)73(50-26-12-4-13-27-50)53-35-39-65-59(42-53)57-36-32-46-19-16-17-30-56(46)68(57)75-65/h1-45H. The Morgan fingerprint density at radius 2 is 0.803 bits per heavy atom. The van der Waals surface area contributed by atoms with Crippen molar-refractivity contribution in [2.75, 3.05) is 14.7 Å². The summed E-state index contributed by atoms with van der Waals surface area (Å²) >= 11 is 3.74. The van der Waals surface area contributed by atoms with E-state index in [-0.39, 0.29) is 0 Å². The summed E-state index contributed by atoms with van der Waals surface area (Å²) in [6, 6.07) is 97.0. The minimum atomic E-state index is 0.985. The van der Waals surface area contributed by atoms with Gasteiger partial charge in [-0.25, -0.2) is 0 Å². The first-order chi connectivity index (χ1) is 37.7. The summed E-state index contributed by atoms with van der Waals surface area (Å²) in [5.74, 6) is 0. The van der Waals surface area contributed by atoms with E-state index >= 15 is 0 Å². The summed E-state index contributed by atoms with van der Waals surface area (Å²) in [5, 5.41) is 8.57. The van der Waals surface area contributed by atoms with Crippen molar-refractivity contribution in [3.05, 3.63) is 273 Å². The van der Waals surface area contributed by atoms with E-state index in [0.717, 1.165) is 78.8 Å². The molecule has 11 aromatic carbocycles. The van der Waals surface area contributed by atoms with Crippen LogP contribution in [0.3, 0.4) is 0 Å². The molecular weight excluding hydrogens is 963 g/mol. The number of aromatic nitrogens is 2. The van der Waals surface area contributed by atoms with Crippen LogP contribution in [0.25, 0.3) is 78.7 Å². The summed E-state index contributed by atoms with van der Waals surface area (Å²) in [7, 11) is 0. The van der Waals surface area contributed by atoms with Gasteiger partial charge in [0.05, 0.1) is 26.9 Å². The molecule has 0 N–H and O–H groups in total. The maximum atomic E-state index is 4.91. The highest BCUT2D eigenvalue weighted by Crippen LogP contribution is 2.51. The van der Waals surface area contributed by atoms with Crippen LogP contribution in [-0.4, -0.2) is 9.55 Å². The topological polar surface area (TPSA) is 27.5 Å². The number of anilines is 9. The predicted molar refractivity (Wildman–Crippen MR) is 326 cm³/mol. The van der Waals surface area contributed by atoms with Crippen molar-refractivity contribution >= 4 is 147 Å². The third kappa shape index (κ3) is 7.31. The van der Waals surface area contributed by atoms with Crippen molar-refractivity contribution in [2.45, 2.75) is 0 Å². The third-order valence-electron chi connectivity index (χ3n) is 14.7. The summed E-state index contributed by atoms with van der Waals surface area (Å²) in [4.78, 5) is 12.2. The summed E-state index contributed by atoms with van der Waals surface area (Å²) in [5.41, 5.74) is 14.0. The van der Waals surface area contributed by atoms with E-state index in [4.69, 9.17) is 4.98 Å². The molecular formula is C69H45N5S2. The summed E-state index contributed by atoms with van der Waals surface area (Å²) in [6.45, 7) is 0. The van der Waals surface area contributed by atoms with Crippen molar-refractivity contribution < 1.29 is 0 Å². The van der Waals surface area contributed by atoms with E-state index in [0.29, 0.717) is 0 Å². The van der Waals surface area contributed by atoms with Gasteiger partial charge in [-0.1, -0.05) is 127 Å². The van der Waals surface area contributed by atoms with Crippen molar-refractivity contribution in [3.63, 3.8) is 0 Å². The number of hydrogen-bond donors (Lipinski definition) is 0. The van der Waals surface area contributed by atoms with Crippen molar-refractivity contribution in [3.8, 4) is 5.69 Å². The van der Waals surface area contributed by atoms with E-state index in [1.54, 1.807) is 0 Å². The molecule has 5 nitrogen and oxygen atoms in total. The lowest BCUT2D eigenvalue weighted by atomic mass is 10.0. The van der Waals surface area contributed by atoms with Crippen LogP contribution in [0.4, 0.5) is 51.2 Å². The van der Waals surface area contributed by atoms with Crippen LogP contribution in [0.1, 0.15) is 0 Å². The second-order valence-electron chi connectivity index (χ2n) is 19.2. The molecule has 0 saturated heterocycles. The van der Waals surface area contributed by atoms with Gasteiger partial charge in [-0.2, -0.15) is 0 Å². The Morgan fingerprint density at radius 3 is 1.46 bits per heavy atom. The Kier molecular flexibility index (Phi) is 10.5. The normalized spacial score (nSPS) is 11.7. The lowest BCUT2D eigenvalue weighted by Crippen LogP contribution is -2.13. The number of rotatable bonds is 10. The number of para-hydroxylation sites is 5. The zero-order valence-corrected chi connectivity index (χ0v) is 42.7. The van der Waals surface area contributed by atoms with Gasteiger partial charge in [0.1, 0.15) is 0 Å². The molecule has 76 heavy (non-hydrogen) atoms. The van der Waals surface area contributed by atoms with Crippen molar-refractivity contribution in [1.29, 1.82) is 0 Å². The molecule has 0 aliphatic rings. The zero-order chi connectivity index (χ0) is 50.1. The second-order valence-corrected chi connectivity index (χ2v) is 21.3. The molecule has 0 unspecified atom stereocenters. The van der Waals surface area contributed by atoms with Crippen LogP contribution in [0.2, 0.25) is 0 Å². The summed E-state index contributed by atoms with van der Waals surface area (Å²) in [6.07, 6.45) is 1.89. The molecule has 0 fully saturated rings. The van der Waals surface area contributed by atoms with Gasteiger partial charge >= 0.3 is 0 Å². The Bertz CT molecular complexity index is 4610. The number of benzene rings is 11. The smallest absolute Gasteiger partial charge is 0.0963 e. The average Bonchev–Trinajstić information content (AvgIpc) is 4.16. The number of pyridine rings is 1. The van der Waals surface area contributed by atoms with Crippen LogP contribution in [0.5, 0.6) is 0 Å². The highest BCUT2D eigenvalue weighted by atomic mass is 32.1. The van der Waals surface area contributed by atoms with Crippen LogP contribution in [0, 0.1) is 0 Å². The minimum absolute atomic E-state index is 0.985. The van der Waals surface area contributed by atoms with Crippen LogP contribution in [-0.2, 0) is 0 Å². The Balaban J connectivity index is 0.984. The fourth-order valence-electron chi connectivity index (χ4n) is 11.3. The van der Waals surface area contributed by atoms with Crippen LogP contribution in [0.15, 0.2) is 273 Å². The van der Waals surface area contributed by atoms with Gasteiger partial charge in [-0.15, -0.1) is 22.7 Å². The van der Waals surface area contributed by atoms with Gasteiger partial charge < -0.3 is 19.3 Å². The molecule has 0 aliphatic carbocycles. The molecule has 0 aliphatic heterocycles. The van der Waals surface area contributed by atoms with E-state index in [2.05, 4.69) is 280 Å². The molecule has 0 amide bonds. The monoisotopic (exact) mass is 1010 g/mol. The number of hydrogen-bond acceptors (Lipinski definition) is 6. The predicted octanol–water partition coefficient (Wildman–Crippen LogP) is 20.5. The highest BCUT2D eigenvalue weighted by Gasteiger charge is 2.25. The third-order valence-corrected chi connectivity index (χ3v) is 17.1. The Morgan fingerprint density at radius 1 is 0.303 bits per heavy atom. The molecule has 4 heterocycles. The lowest BCUT2D eigenvalue weighted by molar-refractivity contribution is 1.17. The molecule has 0 spiro atoms. The van der Waals surface area contributed by atoms with E-state index in [9.17, 15) is 0 Å². The molecule has 4 aromatic heterocycles. The molecule has 7 heteroatoms. The first kappa shape index (κ1) is 44.0. The largest absolute Gasteiger partial charge is 0.310 e. The highest BCUT2D eigenvalue weighted by molar-refractivity contribution is 7.27. The van der Waals surface area contributed by atoms with Gasteiger partial charge in [0, 0.05) is 98.4 Å². The van der Waals surface area contributed by atoms with Gasteiger partial charge in [-0.05, 0) is 150 Å². The fourth-order valence-corrected chi connectivity index (χ4v) is 13.7. The van der Waals surface area contributed by atoms with Crippen LogP contribution < -0.4 is 14.7 Å². The Labute approximate surface area is 447 Å². The van der Waals surface area contributed by atoms with Gasteiger partial charge in [0.15, 0.2) is 0 Å². The first-order valence-corrected chi connectivity index (χ1v) is 27.2. The second kappa shape index (κ2) is 18.1. The maximum Gasteiger partial charge on any atom is 0.0963 e. The van der Waals surface area contributed by atoms with Crippen molar-refractivity contribution in [2.24, 2.45) is 0 Å². The molecule has 15 aromatic rings. The fraction of sp³-hybridized carbons (Fsp3) is 0. The van der Waals surface area contributed by atoms with E-state index < -0.39 is 0 Å². The van der Waals surface area contributed by atoms with Gasteiger partial charge in [0.2, 0.25) is 0 Å². The number of nitrogens with zero attached hydrogens (tertiary/aromatic N) is 5. The number of thiophene rings is 2. The first-order valence-electron chi connectivity index (χ1n) is 25.6. The van der Waals surface area contributed by atoms with E-state index in [1.807, 2.05) is 34.9 Å². The molecule has 15 rings (SSSR count). The maximum absolute atomic E-state index is 4.91. The molecule has 0 atom stereocenters. The SMILES string of the molecule is c1ccc(N(c2ccccc2)c2cc(N(c3ccccc3)c3ccc4sc5c6ccccc6ccc5c4c3)c3sc4ccc(N(c5ccccc5)c5ccc6c7ncccc7n(-c7ccccc7)c6c5)cc4c3c2)cc1. The molecule has 358 valence electrons. The molecule has 0 bridgehead atoms. The molecule has 0 radical (unpaired) electrons. The zero-order valence-electron chi connectivity index (χ0n) is 41.0. The summed E-state index contributed by atoms with van der Waals surface area (Å²) < 4.78 is 7.35. The van der Waals surface area contributed by atoms with Gasteiger partial charge in [0.25, 0.3) is 0 Å². The quantitative estimate of drug-likeness (QED) is 0.136. The minimum Gasteiger partial charge on any atom is -0.310 e. The van der Waals surface area contributed by atoms with Crippen molar-refractivity contribution in [1.82, 2.24) is 9.55 Å². The number of fused-ring (bicyclic) bond motifs is 11. The lowest BCUT2D eigenvalue weighted by Gasteiger charge is -2.30. The Hall–Kier alpha value is -9.53. The average molecular weight is 1010 g/mol. The van der Waals surface area contributed by atoms with Crippen LogP contribution >= 0.6 is 22.7 Å². The van der Waals surface area contributed by atoms with E-state index in [1.165, 1.54) is 51.1 Å².